The molecule has 0 spiro atoms. The lowest BCUT2D eigenvalue weighted by Gasteiger charge is -2.35. The summed E-state index contributed by atoms with van der Waals surface area (Å²) < 4.78 is 0. The highest BCUT2D eigenvalue weighted by molar-refractivity contribution is 6.18. The summed E-state index contributed by atoms with van der Waals surface area (Å²) in [6.07, 6.45) is 5.15. The number of fused-ring (bicyclic) bond motifs is 1. The molecule has 0 saturated heterocycles. The molecule has 1 aliphatic carbocycles. The Bertz CT molecular complexity index is 470. The minimum absolute atomic E-state index is 0.0266. The van der Waals surface area contributed by atoms with Gasteiger partial charge in [-0.15, -0.1) is 11.6 Å². The molecule has 1 aliphatic rings. The van der Waals surface area contributed by atoms with Crippen molar-refractivity contribution in [3.8, 4) is 0 Å². The average molecular weight is 308 g/mol. The zero-order valence-corrected chi connectivity index (χ0v) is 13.9. The first-order valence-corrected chi connectivity index (χ1v) is 8.70. The number of rotatable bonds is 6. The Morgan fingerprint density at radius 3 is 2.71 bits per heavy atom. The molecule has 1 amide bonds. The van der Waals surface area contributed by atoms with E-state index in [1.807, 2.05) is 11.0 Å². The number of hydrogen-bond donors (Lipinski definition) is 0. The van der Waals surface area contributed by atoms with Crippen LogP contribution in [0.25, 0.3) is 0 Å². The Kier molecular flexibility index (Phi) is 6.10. The first-order valence-electron chi connectivity index (χ1n) is 8.17. The molecule has 0 saturated carbocycles. The Hall–Kier alpha value is -1.02. The fourth-order valence-electron chi connectivity index (χ4n) is 3.50. The highest BCUT2D eigenvalue weighted by Crippen LogP contribution is 2.33. The number of hydrogen-bond acceptors (Lipinski definition) is 1. The first-order chi connectivity index (χ1) is 10.2. The maximum Gasteiger partial charge on any atom is 0.230 e. The van der Waals surface area contributed by atoms with Gasteiger partial charge in [0.2, 0.25) is 5.91 Å². The molecule has 116 valence electrons. The summed E-state index contributed by atoms with van der Waals surface area (Å²) in [6.45, 7) is 4.96. The summed E-state index contributed by atoms with van der Waals surface area (Å²) in [5, 5.41) is 0. The first kappa shape index (κ1) is 16.4. The third-order valence-electron chi connectivity index (χ3n) is 4.66. The van der Waals surface area contributed by atoms with Crippen LogP contribution in [0.2, 0.25) is 0 Å². The number of aryl methyl sites for hydroxylation is 1. The summed E-state index contributed by atoms with van der Waals surface area (Å²) in [7, 11) is 0. The Balaban J connectivity index is 2.25. The summed E-state index contributed by atoms with van der Waals surface area (Å²) >= 11 is 5.94. The van der Waals surface area contributed by atoms with Crippen molar-refractivity contribution in [2.75, 3.05) is 12.4 Å². The molecular weight excluding hydrogens is 282 g/mol. The fraction of sp³-hybridized carbons (Fsp3) is 0.611. The summed E-state index contributed by atoms with van der Waals surface area (Å²) in [5.74, 6) is 0.812. The summed E-state index contributed by atoms with van der Waals surface area (Å²) in [4.78, 5) is 15.1. The van der Waals surface area contributed by atoms with Gasteiger partial charge in [0.25, 0.3) is 0 Å². The third-order valence-corrected chi connectivity index (χ3v) is 4.83. The van der Waals surface area contributed by atoms with Crippen molar-refractivity contribution >= 4 is 17.5 Å². The molecule has 2 nitrogen and oxygen atoms in total. The van der Waals surface area contributed by atoms with Crippen LogP contribution in [0.1, 0.15) is 56.6 Å². The average Bonchev–Trinajstić information content (AvgIpc) is 2.54. The van der Waals surface area contributed by atoms with E-state index in [1.54, 1.807) is 0 Å². The molecule has 1 atom stereocenters. The van der Waals surface area contributed by atoms with Gasteiger partial charge >= 0.3 is 0 Å². The summed E-state index contributed by atoms with van der Waals surface area (Å²) in [5.41, 5.74) is 2.58. The molecule has 0 aromatic heterocycles. The molecule has 0 radical (unpaired) electrons. The van der Waals surface area contributed by atoms with Gasteiger partial charge in [-0.2, -0.15) is 0 Å². The lowest BCUT2D eigenvalue weighted by Crippen LogP contribution is -2.44. The number of alkyl halides is 1. The van der Waals surface area contributed by atoms with E-state index in [1.165, 1.54) is 11.1 Å². The second-order valence-electron chi connectivity index (χ2n) is 5.83. The van der Waals surface area contributed by atoms with Crippen LogP contribution in [0.15, 0.2) is 24.3 Å². The molecule has 0 fully saturated rings. The molecule has 0 aliphatic heterocycles. The van der Waals surface area contributed by atoms with Crippen LogP contribution in [0, 0.1) is 0 Å². The highest BCUT2D eigenvalue weighted by Gasteiger charge is 2.31. The van der Waals surface area contributed by atoms with E-state index in [4.69, 9.17) is 11.6 Å². The van der Waals surface area contributed by atoms with E-state index in [2.05, 4.69) is 32.0 Å². The molecule has 1 unspecified atom stereocenters. The molecule has 0 bridgehead atoms. The molecule has 1 aromatic rings. The van der Waals surface area contributed by atoms with Crippen molar-refractivity contribution in [1.29, 1.82) is 0 Å². The van der Waals surface area contributed by atoms with E-state index in [0.717, 1.165) is 32.1 Å². The van der Waals surface area contributed by atoms with Gasteiger partial charge in [0.1, 0.15) is 0 Å². The highest BCUT2D eigenvalue weighted by atomic mass is 35.5. The van der Waals surface area contributed by atoms with Crippen LogP contribution in [0.4, 0.5) is 0 Å². The van der Waals surface area contributed by atoms with Crippen molar-refractivity contribution in [3.63, 3.8) is 0 Å². The lowest BCUT2D eigenvalue weighted by molar-refractivity contribution is -0.135. The zero-order valence-electron chi connectivity index (χ0n) is 13.1. The number of carbonyl (C=O) groups is 1. The monoisotopic (exact) mass is 307 g/mol. The van der Waals surface area contributed by atoms with Crippen molar-refractivity contribution in [3.05, 3.63) is 35.4 Å². The minimum atomic E-state index is 0.0266. The number of benzene rings is 1. The van der Waals surface area contributed by atoms with Gasteiger partial charge in [-0.05, 0) is 43.2 Å². The van der Waals surface area contributed by atoms with Crippen LogP contribution >= 0.6 is 11.6 Å². The fourth-order valence-corrected chi connectivity index (χ4v) is 3.69. The van der Waals surface area contributed by atoms with Crippen molar-refractivity contribution in [2.24, 2.45) is 0 Å². The van der Waals surface area contributed by atoms with Gasteiger partial charge in [0, 0.05) is 18.5 Å². The standard InChI is InChI=1S/C18H26ClNO/c1-3-15(4-2)20(13-12-19)18(21)17-11-7-9-14-8-5-6-10-16(14)17/h5-6,8,10,15,17H,3-4,7,9,11-13H2,1-2H3. The van der Waals surface area contributed by atoms with Gasteiger partial charge in [-0.1, -0.05) is 38.1 Å². The molecule has 21 heavy (non-hydrogen) atoms. The quantitative estimate of drug-likeness (QED) is 0.715. The Morgan fingerprint density at radius 1 is 1.33 bits per heavy atom. The zero-order chi connectivity index (χ0) is 15.2. The molecular formula is C18H26ClNO. The van der Waals surface area contributed by atoms with Gasteiger partial charge in [0.15, 0.2) is 0 Å². The van der Waals surface area contributed by atoms with Gasteiger partial charge in [-0.3, -0.25) is 4.79 Å². The van der Waals surface area contributed by atoms with Crippen LogP contribution < -0.4 is 0 Å². The smallest absolute Gasteiger partial charge is 0.230 e. The van der Waals surface area contributed by atoms with E-state index in [0.29, 0.717) is 18.5 Å². The number of carbonyl (C=O) groups excluding carboxylic acids is 1. The summed E-state index contributed by atoms with van der Waals surface area (Å²) in [6, 6.07) is 8.72. The molecule has 0 heterocycles. The van der Waals surface area contributed by atoms with E-state index >= 15 is 0 Å². The predicted molar refractivity (Wildman–Crippen MR) is 88.9 cm³/mol. The van der Waals surface area contributed by atoms with E-state index < -0.39 is 0 Å². The molecule has 0 N–H and O–H groups in total. The maximum absolute atomic E-state index is 13.1. The molecule has 3 heteroatoms. The second kappa shape index (κ2) is 7.84. The van der Waals surface area contributed by atoms with Gasteiger partial charge in [0.05, 0.1) is 5.92 Å². The van der Waals surface area contributed by atoms with Crippen LogP contribution in [0.5, 0.6) is 0 Å². The van der Waals surface area contributed by atoms with Crippen molar-refractivity contribution < 1.29 is 4.79 Å². The van der Waals surface area contributed by atoms with Gasteiger partial charge < -0.3 is 4.90 Å². The largest absolute Gasteiger partial charge is 0.338 e. The van der Waals surface area contributed by atoms with E-state index in [9.17, 15) is 4.79 Å². The van der Waals surface area contributed by atoms with Crippen molar-refractivity contribution in [2.45, 2.75) is 57.9 Å². The molecule has 2 rings (SSSR count). The van der Waals surface area contributed by atoms with Crippen molar-refractivity contribution in [1.82, 2.24) is 4.90 Å². The topological polar surface area (TPSA) is 20.3 Å². The van der Waals surface area contributed by atoms with Gasteiger partial charge in [-0.25, -0.2) is 0 Å². The predicted octanol–water partition coefficient (Wildman–Crippen LogP) is 4.36. The van der Waals surface area contributed by atoms with Crippen LogP contribution in [0.3, 0.4) is 0 Å². The minimum Gasteiger partial charge on any atom is -0.338 e. The number of amides is 1. The second-order valence-corrected chi connectivity index (χ2v) is 6.21. The Morgan fingerprint density at radius 2 is 2.05 bits per heavy atom. The maximum atomic E-state index is 13.1. The Labute approximate surface area is 133 Å². The SMILES string of the molecule is CCC(CC)N(CCCl)C(=O)C1CCCc2ccccc21. The normalized spacial score (nSPS) is 17.6. The lowest BCUT2D eigenvalue weighted by atomic mass is 9.81. The molecule has 1 aromatic carbocycles. The van der Waals surface area contributed by atoms with E-state index in [-0.39, 0.29) is 11.8 Å². The van der Waals surface area contributed by atoms with Crippen LogP contribution in [-0.4, -0.2) is 29.3 Å². The third kappa shape index (κ3) is 3.60. The van der Waals surface area contributed by atoms with Crippen LogP contribution in [-0.2, 0) is 11.2 Å². The number of nitrogens with zero attached hydrogens (tertiary/aromatic N) is 1. The number of halogens is 1.